The second-order valence-electron chi connectivity index (χ2n) is 4.31. The Bertz CT molecular complexity index is 652. The van der Waals surface area contributed by atoms with E-state index in [1.165, 1.54) is 0 Å². The Morgan fingerprint density at radius 2 is 1.55 bits per heavy atom. The van der Waals surface area contributed by atoms with Gasteiger partial charge in [0.05, 0.1) is 6.61 Å². The third-order valence-corrected chi connectivity index (χ3v) is 2.81. The molecule has 0 atom stereocenters. The molecule has 2 rings (SSSR count). The fourth-order valence-electron chi connectivity index (χ4n) is 1.81. The summed E-state index contributed by atoms with van der Waals surface area (Å²) in [4.78, 5) is 0. The lowest BCUT2D eigenvalue weighted by Crippen LogP contribution is -1.94. The first-order valence-corrected chi connectivity index (χ1v) is 6.57. The zero-order chi connectivity index (χ0) is 14.2. The van der Waals surface area contributed by atoms with E-state index in [1.54, 1.807) is 0 Å². The van der Waals surface area contributed by atoms with E-state index in [-0.39, 0.29) is 0 Å². The summed E-state index contributed by atoms with van der Waals surface area (Å²) in [6.07, 6.45) is 1.01. The summed E-state index contributed by atoms with van der Waals surface area (Å²) in [6.45, 7) is 2.83. The molecular formula is C18H15NO. The SMILES string of the molecule is CCCOc1ccc(-c2ccc(C#CC#N)cc2)cc1. The topological polar surface area (TPSA) is 33.0 Å². The van der Waals surface area contributed by atoms with Gasteiger partial charge < -0.3 is 4.74 Å². The van der Waals surface area contributed by atoms with Crippen molar-refractivity contribution in [3.63, 3.8) is 0 Å². The van der Waals surface area contributed by atoms with Crippen LogP contribution in [0.1, 0.15) is 18.9 Å². The molecule has 0 fully saturated rings. The summed E-state index contributed by atoms with van der Waals surface area (Å²) < 4.78 is 5.56. The summed E-state index contributed by atoms with van der Waals surface area (Å²) in [5, 5.41) is 8.41. The van der Waals surface area contributed by atoms with Crippen molar-refractivity contribution in [3.8, 4) is 34.8 Å². The van der Waals surface area contributed by atoms with E-state index >= 15 is 0 Å². The maximum Gasteiger partial charge on any atom is 0.152 e. The van der Waals surface area contributed by atoms with Crippen molar-refractivity contribution in [1.29, 1.82) is 5.26 Å². The molecule has 2 heteroatoms. The van der Waals surface area contributed by atoms with Crippen molar-refractivity contribution in [2.45, 2.75) is 13.3 Å². The molecule has 20 heavy (non-hydrogen) atoms. The number of ether oxygens (including phenoxy) is 1. The molecule has 0 bridgehead atoms. The van der Waals surface area contributed by atoms with Crippen LogP contribution in [0.4, 0.5) is 0 Å². The molecule has 0 radical (unpaired) electrons. The number of hydrogen-bond donors (Lipinski definition) is 0. The third-order valence-electron chi connectivity index (χ3n) is 2.81. The molecule has 0 amide bonds. The Balaban J connectivity index is 2.13. The second kappa shape index (κ2) is 7.02. The Labute approximate surface area is 119 Å². The van der Waals surface area contributed by atoms with Crippen LogP contribution in [-0.4, -0.2) is 6.61 Å². The normalized spacial score (nSPS) is 9.20. The van der Waals surface area contributed by atoms with Gasteiger partial charge in [-0.1, -0.05) is 37.1 Å². The molecule has 0 unspecified atom stereocenters. The minimum Gasteiger partial charge on any atom is -0.494 e. The van der Waals surface area contributed by atoms with Crippen molar-refractivity contribution < 1.29 is 4.74 Å². The van der Waals surface area contributed by atoms with Crippen LogP contribution in [0.15, 0.2) is 48.5 Å². The first-order valence-electron chi connectivity index (χ1n) is 6.57. The highest BCUT2D eigenvalue weighted by Gasteiger charge is 1.98. The number of nitriles is 1. The molecule has 0 aromatic heterocycles. The van der Waals surface area contributed by atoms with E-state index in [0.29, 0.717) is 0 Å². The standard InChI is InChI=1S/C18H15NO/c1-2-14-20-18-11-9-17(10-12-18)16-7-5-15(6-8-16)4-3-13-19/h5-12H,2,14H2,1H3. The van der Waals surface area contributed by atoms with Crippen LogP contribution in [-0.2, 0) is 0 Å². The summed E-state index contributed by atoms with van der Waals surface area (Å²) in [6, 6.07) is 17.7. The van der Waals surface area contributed by atoms with Crippen molar-refractivity contribution in [3.05, 3.63) is 54.1 Å². The van der Waals surface area contributed by atoms with Crippen LogP contribution in [0.5, 0.6) is 5.75 Å². The first kappa shape index (κ1) is 13.7. The van der Waals surface area contributed by atoms with Crippen LogP contribution in [0.2, 0.25) is 0 Å². The molecule has 0 aliphatic heterocycles. The predicted molar refractivity (Wildman–Crippen MR) is 80.2 cm³/mol. The van der Waals surface area contributed by atoms with Crippen LogP contribution in [0.25, 0.3) is 11.1 Å². The largest absolute Gasteiger partial charge is 0.494 e. The van der Waals surface area contributed by atoms with Gasteiger partial charge >= 0.3 is 0 Å². The Morgan fingerprint density at radius 1 is 0.950 bits per heavy atom. The fourth-order valence-corrected chi connectivity index (χ4v) is 1.81. The van der Waals surface area contributed by atoms with Gasteiger partial charge in [-0.3, -0.25) is 0 Å². The molecule has 0 saturated heterocycles. The average Bonchev–Trinajstić information content (AvgIpc) is 2.52. The van der Waals surface area contributed by atoms with Crippen molar-refractivity contribution >= 4 is 0 Å². The summed E-state index contributed by atoms with van der Waals surface area (Å²) >= 11 is 0. The molecule has 0 aliphatic carbocycles. The highest BCUT2D eigenvalue weighted by molar-refractivity contribution is 5.65. The molecule has 0 N–H and O–H groups in total. The zero-order valence-electron chi connectivity index (χ0n) is 11.4. The third kappa shape index (κ3) is 3.64. The maximum absolute atomic E-state index is 8.41. The molecule has 2 nitrogen and oxygen atoms in total. The molecule has 0 aliphatic rings. The lowest BCUT2D eigenvalue weighted by molar-refractivity contribution is 0.317. The molecule has 0 saturated carbocycles. The summed E-state index contributed by atoms with van der Waals surface area (Å²) in [7, 11) is 0. The Kier molecular flexibility index (Phi) is 4.81. The van der Waals surface area contributed by atoms with Gasteiger partial charge in [0, 0.05) is 11.5 Å². The minimum atomic E-state index is 0.742. The molecular weight excluding hydrogens is 246 g/mol. The zero-order valence-corrected chi connectivity index (χ0v) is 11.4. The van der Waals surface area contributed by atoms with E-state index in [0.717, 1.165) is 35.5 Å². The van der Waals surface area contributed by atoms with Gasteiger partial charge in [0.25, 0.3) is 0 Å². The molecule has 2 aromatic rings. The average molecular weight is 261 g/mol. The van der Waals surface area contributed by atoms with Crippen molar-refractivity contribution in [1.82, 2.24) is 0 Å². The highest BCUT2D eigenvalue weighted by atomic mass is 16.5. The predicted octanol–water partition coefficient (Wildman–Crippen LogP) is 4.02. The van der Waals surface area contributed by atoms with Gasteiger partial charge in [-0.05, 0) is 41.8 Å². The van der Waals surface area contributed by atoms with E-state index < -0.39 is 0 Å². The van der Waals surface area contributed by atoms with Gasteiger partial charge in [0.1, 0.15) is 5.75 Å². The molecule has 0 heterocycles. The molecule has 98 valence electrons. The first-order chi connectivity index (χ1) is 9.83. The minimum absolute atomic E-state index is 0.742. The van der Waals surface area contributed by atoms with Gasteiger partial charge in [-0.2, -0.15) is 5.26 Å². The summed E-state index contributed by atoms with van der Waals surface area (Å²) in [5.41, 5.74) is 3.10. The lowest BCUT2D eigenvalue weighted by atomic mass is 10.0. The van der Waals surface area contributed by atoms with Gasteiger partial charge in [-0.25, -0.2) is 0 Å². The van der Waals surface area contributed by atoms with Crippen LogP contribution >= 0.6 is 0 Å². The quantitative estimate of drug-likeness (QED) is 0.779. The van der Waals surface area contributed by atoms with E-state index in [1.807, 2.05) is 54.6 Å². The Morgan fingerprint density at radius 3 is 2.10 bits per heavy atom. The molecule has 0 spiro atoms. The maximum atomic E-state index is 8.41. The van der Waals surface area contributed by atoms with Crippen molar-refractivity contribution in [2.24, 2.45) is 0 Å². The van der Waals surface area contributed by atoms with Crippen LogP contribution in [0, 0.1) is 23.2 Å². The van der Waals surface area contributed by atoms with E-state index in [2.05, 4.69) is 18.8 Å². The Hall–Kier alpha value is -2.71. The second-order valence-corrected chi connectivity index (χ2v) is 4.31. The van der Waals surface area contributed by atoms with Gasteiger partial charge in [-0.15, -0.1) is 0 Å². The molecule has 2 aromatic carbocycles. The van der Waals surface area contributed by atoms with E-state index in [4.69, 9.17) is 10.00 Å². The highest BCUT2D eigenvalue weighted by Crippen LogP contribution is 2.22. The van der Waals surface area contributed by atoms with Crippen molar-refractivity contribution in [2.75, 3.05) is 6.61 Å². The van der Waals surface area contributed by atoms with Gasteiger partial charge in [0.2, 0.25) is 0 Å². The lowest BCUT2D eigenvalue weighted by Gasteiger charge is -2.06. The van der Waals surface area contributed by atoms with E-state index in [9.17, 15) is 0 Å². The number of hydrogen-bond acceptors (Lipinski definition) is 2. The number of rotatable bonds is 4. The van der Waals surface area contributed by atoms with Crippen LogP contribution < -0.4 is 4.74 Å². The fraction of sp³-hybridized carbons (Fsp3) is 0.167. The summed E-state index contributed by atoms with van der Waals surface area (Å²) in [5.74, 6) is 6.06. The monoisotopic (exact) mass is 261 g/mol. The van der Waals surface area contributed by atoms with Crippen LogP contribution in [0.3, 0.4) is 0 Å². The smallest absolute Gasteiger partial charge is 0.152 e. The number of benzene rings is 2. The number of nitrogens with zero attached hydrogens (tertiary/aromatic N) is 1. The van der Waals surface area contributed by atoms with Gasteiger partial charge in [0.15, 0.2) is 6.07 Å².